The summed E-state index contributed by atoms with van der Waals surface area (Å²) in [7, 11) is -2.25. The van der Waals surface area contributed by atoms with Gasteiger partial charge in [-0.25, -0.2) is 12.7 Å². The first-order chi connectivity index (χ1) is 3.85. The van der Waals surface area contributed by atoms with Crippen LogP contribution in [0.4, 0.5) is 4.79 Å². The molecule has 0 aliphatic rings. The minimum atomic E-state index is -3.39. The van der Waals surface area contributed by atoms with Gasteiger partial charge in [-0.2, -0.15) is 0 Å². The highest BCUT2D eigenvalue weighted by molar-refractivity contribution is 7.99. The van der Waals surface area contributed by atoms with Gasteiger partial charge in [0.25, 0.3) is 5.24 Å². The fourth-order valence-corrected chi connectivity index (χ4v) is 0.871. The van der Waals surface area contributed by atoms with E-state index in [2.05, 4.69) is 12.6 Å². The van der Waals surface area contributed by atoms with Crippen molar-refractivity contribution in [1.29, 1.82) is 0 Å². The second-order valence-electron chi connectivity index (χ2n) is 1.51. The van der Waals surface area contributed by atoms with Crippen molar-refractivity contribution >= 4 is 27.9 Å². The molecule has 0 spiro atoms. The van der Waals surface area contributed by atoms with Gasteiger partial charge >= 0.3 is 0 Å². The molecule has 0 atom stereocenters. The molecule has 0 rings (SSSR count). The maximum Gasteiger partial charge on any atom is 0.291 e. The van der Waals surface area contributed by atoms with Crippen molar-refractivity contribution in [3.05, 3.63) is 0 Å². The lowest BCUT2D eigenvalue weighted by molar-refractivity contribution is 0.251. The average molecular weight is 169 g/mol. The lowest BCUT2D eigenvalue weighted by Gasteiger charge is -2.09. The average Bonchev–Trinajstić information content (AvgIpc) is 1.62. The number of rotatable bonds is 1. The molecule has 0 unspecified atom stereocenters. The van der Waals surface area contributed by atoms with Gasteiger partial charge in [0.2, 0.25) is 10.0 Å². The minimum Gasteiger partial charge on any atom is -0.261 e. The quantitative estimate of drug-likeness (QED) is 0.559. The molecule has 0 aromatic heterocycles. The molecule has 0 bridgehead atoms. The molecule has 4 nitrogen and oxygen atoms in total. The molecule has 0 aromatic carbocycles. The van der Waals surface area contributed by atoms with Crippen LogP contribution in [0.25, 0.3) is 0 Å². The van der Waals surface area contributed by atoms with Gasteiger partial charge in [0.05, 0.1) is 6.26 Å². The largest absolute Gasteiger partial charge is 0.291 e. The van der Waals surface area contributed by atoms with Crippen molar-refractivity contribution in [2.45, 2.75) is 0 Å². The Kier molecular flexibility index (Phi) is 2.50. The Balaban J connectivity index is 4.43. The van der Waals surface area contributed by atoms with Gasteiger partial charge in [-0.05, 0) is 0 Å². The highest BCUT2D eigenvalue weighted by atomic mass is 32.2. The molecule has 0 saturated heterocycles. The van der Waals surface area contributed by atoms with Crippen molar-refractivity contribution in [1.82, 2.24) is 4.31 Å². The van der Waals surface area contributed by atoms with Gasteiger partial charge in [-0.15, -0.1) is 0 Å². The van der Waals surface area contributed by atoms with E-state index in [0.29, 0.717) is 4.31 Å². The molecule has 0 saturated carbocycles. The molecule has 0 aliphatic heterocycles. The first-order valence-corrected chi connectivity index (χ1v) is 4.32. The van der Waals surface area contributed by atoms with Gasteiger partial charge in [0.1, 0.15) is 0 Å². The highest BCUT2D eigenvalue weighted by Gasteiger charge is 2.13. The van der Waals surface area contributed by atoms with E-state index < -0.39 is 15.3 Å². The summed E-state index contributed by atoms with van der Waals surface area (Å²) in [4.78, 5) is 10.2. The van der Waals surface area contributed by atoms with E-state index in [1.807, 2.05) is 0 Å². The summed E-state index contributed by atoms with van der Waals surface area (Å²) in [6, 6.07) is 0. The molecular weight excluding hydrogens is 162 g/mol. The highest BCUT2D eigenvalue weighted by Crippen LogP contribution is 1.96. The molecule has 6 heteroatoms. The molecule has 0 N–H and O–H groups in total. The predicted octanol–water partition coefficient (Wildman–Crippen LogP) is -0.0724. The fraction of sp³-hybridized carbons (Fsp3) is 0.667. The van der Waals surface area contributed by atoms with Crippen LogP contribution in [0.5, 0.6) is 0 Å². The molecule has 0 aliphatic carbocycles. The summed E-state index contributed by atoms with van der Waals surface area (Å²) in [5, 5.41) is -0.780. The molecule has 0 aromatic rings. The van der Waals surface area contributed by atoms with E-state index in [4.69, 9.17) is 0 Å². The maximum absolute atomic E-state index is 10.4. The second kappa shape index (κ2) is 2.57. The van der Waals surface area contributed by atoms with E-state index in [0.717, 1.165) is 13.3 Å². The second-order valence-corrected chi connectivity index (χ2v) is 3.91. The van der Waals surface area contributed by atoms with E-state index in [1.165, 1.54) is 0 Å². The molecular formula is C3H7NO3S2. The zero-order valence-corrected chi connectivity index (χ0v) is 6.74. The molecule has 0 heterocycles. The maximum atomic E-state index is 10.4. The van der Waals surface area contributed by atoms with E-state index in [1.54, 1.807) is 0 Å². The van der Waals surface area contributed by atoms with E-state index >= 15 is 0 Å². The molecule has 9 heavy (non-hydrogen) atoms. The Morgan fingerprint density at radius 2 is 1.89 bits per heavy atom. The van der Waals surface area contributed by atoms with Gasteiger partial charge in [0, 0.05) is 7.05 Å². The summed E-state index contributed by atoms with van der Waals surface area (Å²) in [6.07, 6.45) is 0.932. The van der Waals surface area contributed by atoms with Gasteiger partial charge in [-0.3, -0.25) is 4.79 Å². The lowest BCUT2D eigenvalue weighted by Crippen LogP contribution is -2.27. The van der Waals surface area contributed by atoms with Crippen LogP contribution in [0.15, 0.2) is 0 Å². The van der Waals surface area contributed by atoms with Crippen molar-refractivity contribution in [3.8, 4) is 0 Å². The summed E-state index contributed by atoms with van der Waals surface area (Å²) < 4.78 is 21.4. The van der Waals surface area contributed by atoms with Crippen LogP contribution >= 0.6 is 12.6 Å². The third kappa shape index (κ3) is 2.71. The Bertz CT molecular complexity index is 207. The SMILES string of the molecule is CN(C(=O)S)S(C)(=O)=O. The number of hydrogen-bond donors (Lipinski definition) is 1. The van der Waals surface area contributed by atoms with Crippen molar-refractivity contribution in [3.63, 3.8) is 0 Å². The fourth-order valence-electron chi connectivity index (χ4n) is 0.142. The normalized spacial score (nSPS) is 11.0. The van der Waals surface area contributed by atoms with Gasteiger partial charge < -0.3 is 0 Å². The van der Waals surface area contributed by atoms with Crippen LogP contribution in [-0.4, -0.2) is 31.3 Å². The number of thiol groups is 1. The third-order valence-electron chi connectivity index (χ3n) is 0.767. The zero-order valence-electron chi connectivity index (χ0n) is 5.03. The van der Waals surface area contributed by atoms with Crippen LogP contribution in [0.3, 0.4) is 0 Å². The molecule has 54 valence electrons. The number of amides is 1. The molecule has 0 radical (unpaired) electrons. The standard InChI is InChI=1S/C3H7NO3S2/c1-4(3(5)8)9(2,6)7/h1-2H3,(H,5,8). The Morgan fingerprint density at radius 3 is 1.89 bits per heavy atom. The molecule has 1 amide bonds. The number of carbonyl (C=O) groups excluding carboxylic acids is 1. The third-order valence-corrected chi connectivity index (χ3v) is 2.36. The van der Waals surface area contributed by atoms with Crippen LogP contribution in [-0.2, 0) is 10.0 Å². The topological polar surface area (TPSA) is 54.5 Å². The minimum absolute atomic E-state index is 0.552. The Labute approximate surface area is 59.3 Å². The van der Waals surface area contributed by atoms with Crippen molar-refractivity contribution < 1.29 is 13.2 Å². The smallest absolute Gasteiger partial charge is 0.261 e. The zero-order chi connectivity index (χ0) is 7.65. The summed E-state index contributed by atoms with van der Waals surface area (Å²) in [5.74, 6) is 0. The van der Waals surface area contributed by atoms with E-state index in [-0.39, 0.29) is 0 Å². The monoisotopic (exact) mass is 169 g/mol. The molecule has 0 fully saturated rings. The number of hydrogen-bond acceptors (Lipinski definition) is 3. The van der Waals surface area contributed by atoms with Gasteiger partial charge in [0.15, 0.2) is 0 Å². The summed E-state index contributed by atoms with van der Waals surface area (Å²) in [5.41, 5.74) is 0. The Morgan fingerprint density at radius 1 is 1.56 bits per heavy atom. The first-order valence-electron chi connectivity index (χ1n) is 2.02. The number of sulfonamides is 1. The van der Waals surface area contributed by atoms with Crippen LogP contribution in [0, 0.1) is 0 Å². The predicted molar refractivity (Wildman–Crippen MR) is 37.0 cm³/mol. The van der Waals surface area contributed by atoms with Crippen LogP contribution in [0.2, 0.25) is 0 Å². The van der Waals surface area contributed by atoms with Gasteiger partial charge in [-0.1, -0.05) is 12.6 Å². The number of nitrogens with zero attached hydrogens (tertiary/aromatic N) is 1. The first kappa shape index (κ1) is 8.77. The van der Waals surface area contributed by atoms with Crippen LogP contribution in [0.1, 0.15) is 0 Å². The van der Waals surface area contributed by atoms with Crippen molar-refractivity contribution in [2.75, 3.05) is 13.3 Å². The number of carbonyl (C=O) groups is 1. The van der Waals surface area contributed by atoms with Crippen molar-refractivity contribution in [2.24, 2.45) is 0 Å². The summed E-state index contributed by atoms with van der Waals surface area (Å²) >= 11 is 3.29. The van der Waals surface area contributed by atoms with Crippen LogP contribution < -0.4 is 0 Å². The Hall–Kier alpha value is -0.230. The lowest BCUT2D eigenvalue weighted by atomic mass is 11.2. The summed E-state index contributed by atoms with van der Waals surface area (Å²) in [6.45, 7) is 0. The van der Waals surface area contributed by atoms with E-state index in [9.17, 15) is 13.2 Å².